The van der Waals surface area contributed by atoms with Crippen LogP contribution in [0.5, 0.6) is 5.75 Å². The molecule has 20 heavy (non-hydrogen) atoms. The summed E-state index contributed by atoms with van der Waals surface area (Å²) in [5.74, 6) is 0.345. The van der Waals surface area contributed by atoms with Crippen LogP contribution in [0, 0.1) is 0 Å². The number of ketones is 1. The second-order valence-corrected chi connectivity index (χ2v) is 5.38. The summed E-state index contributed by atoms with van der Waals surface area (Å²) < 4.78 is 5.66. The van der Waals surface area contributed by atoms with Crippen molar-refractivity contribution in [1.82, 2.24) is 0 Å². The predicted molar refractivity (Wildman–Crippen MR) is 82.1 cm³/mol. The van der Waals surface area contributed by atoms with Gasteiger partial charge in [0.15, 0.2) is 5.78 Å². The third-order valence-electron chi connectivity index (χ3n) is 2.69. The Hall–Kier alpha value is -1.51. The van der Waals surface area contributed by atoms with Crippen LogP contribution in [-0.4, -0.2) is 11.9 Å². The predicted octanol–water partition coefficient (Wildman–Crippen LogP) is 5.01. The molecule has 0 atom stereocenters. The highest BCUT2D eigenvalue weighted by atomic mass is 35.5. The van der Waals surface area contributed by atoms with E-state index in [-0.39, 0.29) is 16.9 Å². The van der Waals surface area contributed by atoms with Crippen LogP contribution in [0.2, 0.25) is 10.0 Å². The second kappa shape index (κ2) is 6.29. The van der Waals surface area contributed by atoms with Crippen LogP contribution in [0.1, 0.15) is 29.8 Å². The van der Waals surface area contributed by atoms with Crippen LogP contribution in [0.3, 0.4) is 0 Å². The molecule has 0 N–H and O–H groups in total. The average Bonchev–Trinajstić information content (AvgIpc) is 2.41. The van der Waals surface area contributed by atoms with Crippen molar-refractivity contribution in [2.24, 2.45) is 0 Å². The minimum atomic E-state index is -0.200. The summed E-state index contributed by atoms with van der Waals surface area (Å²) in [6.07, 6.45) is -0.0150. The van der Waals surface area contributed by atoms with E-state index in [1.165, 1.54) is 0 Å². The van der Waals surface area contributed by atoms with Crippen LogP contribution in [0.4, 0.5) is 0 Å². The maximum Gasteiger partial charge on any atom is 0.198 e. The van der Waals surface area contributed by atoms with E-state index >= 15 is 0 Å². The minimum absolute atomic E-state index is 0.0150. The van der Waals surface area contributed by atoms with Crippen molar-refractivity contribution in [2.75, 3.05) is 0 Å². The first-order chi connectivity index (χ1) is 9.50. The molecule has 0 radical (unpaired) electrons. The lowest BCUT2D eigenvalue weighted by Crippen LogP contribution is -2.11. The van der Waals surface area contributed by atoms with Gasteiger partial charge in [0.1, 0.15) is 5.75 Å². The van der Waals surface area contributed by atoms with Gasteiger partial charge in [0, 0.05) is 5.56 Å². The Balaban J connectivity index is 2.46. The number of carbonyl (C=O) groups is 1. The lowest BCUT2D eigenvalue weighted by molar-refractivity contribution is 0.103. The molecule has 0 aromatic heterocycles. The van der Waals surface area contributed by atoms with Gasteiger partial charge in [-0.05, 0) is 38.1 Å². The molecule has 4 heteroatoms. The highest BCUT2D eigenvalue weighted by Gasteiger charge is 2.18. The molecule has 104 valence electrons. The number of ether oxygens (including phenoxy) is 1. The van der Waals surface area contributed by atoms with Gasteiger partial charge in [0.25, 0.3) is 0 Å². The third kappa shape index (κ3) is 3.14. The SMILES string of the molecule is CC(C)Oc1ccccc1C(=O)c1cccc(Cl)c1Cl. The summed E-state index contributed by atoms with van der Waals surface area (Å²) in [6.45, 7) is 3.82. The second-order valence-electron chi connectivity index (χ2n) is 4.59. The van der Waals surface area contributed by atoms with Crippen molar-refractivity contribution in [1.29, 1.82) is 0 Å². The summed E-state index contributed by atoms with van der Waals surface area (Å²) in [7, 11) is 0. The van der Waals surface area contributed by atoms with Crippen LogP contribution >= 0.6 is 23.2 Å². The highest BCUT2D eigenvalue weighted by Crippen LogP contribution is 2.30. The quantitative estimate of drug-likeness (QED) is 0.742. The molecule has 0 spiro atoms. The standard InChI is InChI=1S/C16H14Cl2O2/c1-10(2)20-14-9-4-3-6-11(14)16(19)12-7-5-8-13(17)15(12)18/h3-10H,1-2H3. The molecule has 0 unspecified atom stereocenters. The molecular formula is C16H14Cl2O2. The Morgan fingerprint density at radius 2 is 1.65 bits per heavy atom. The molecule has 0 amide bonds. The summed E-state index contributed by atoms with van der Waals surface area (Å²) in [6, 6.07) is 12.1. The molecule has 2 rings (SSSR count). The molecule has 0 heterocycles. The minimum Gasteiger partial charge on any atom is -0.490 e. The number of rotatable bonds is 4. The van der Waals surface area contributed by atoms with Gasteiger partial charge in [-0.25, -0.2) is 0 Å². The van der Waals surface area contributed by atoms with Crippen molar-refractivity contribution in [3.05, 3.63) is 63.6 Å². The van der Waals surface area contributed by atoms with Gasteiger partial charge in [-0.3, -0.25) is 4.79 Å². The van der Waals surface area contributed by atoms with Crippen LogP contribution < -0.4 is 4.74 Å². The fourth-order valence-electron chi connectivity index (χ4n) is 1.84. The maximum absolute atomic E-state index is 12.6. The largest absolute Gasteiger partial charge is 0.490 e. The average molecular weight is 309 g/mol. The van der Waals surface area contributed by atoms with E-state index in [9.17, 15) is 4.79 Å². The van der Waals surface area contributed by atoms with Gasteiger partial charge in [-0.1, -0.05) is 41.4 Å². The zero-order valence-corrected chi connectivity index (χ0v) is 12.7. The van der Waals surface area contributed by atoms with Gasteiger partial charge < -0.3 is 4.74 Å². The first kappa shape index (κ1) is 14.9. The van der Waals surface area contributed by atoms with E-state index in [1.807, 2.05) is 19.9 Å². The Morgan fingerprint density at radius 3 is 2.35 bits per heavy atom. The van der Waals surface area contributed by atoms with Gasteiger partial charge >= 0.3 is 0 Å². The molecule has 2 aromatic carbocycles. The zero-order valence-electron chi connectivity index (χ0n) is 11.2. The first-order valence-corrected chi connectivity index (χ1v) is 7.00. The zero-order chi connectivity index (χ0) is 14.7. The molecule has 0 fully saturated rings. The number of carbonyl (C=O) groups excluding carboxylic acids is 1. The monoisotopic (exact) mass is 308 g/mol. The van der Waals surface area contributed by atoms with Crippen molar-refractivity contribution in [2.45, 2.75) is 20.0 Å². The van der Waals surface area contributed by atoms with Gasteiger partial charge in [0.05, 0.1) is 21.7 Å². The Labute approximate surface area is 128 Å². The molecule has 0 aliphatic rings. The van der Waals surface area contributed by atoms with E-state index < -0.39 is 0 Å². The van der Waals surface area contributed by atoms with Gasteiger partial charge in [-0.15, -0.1) is 0 Å². The number of hydrogen-bond donors (Lipinski definition) is 0. The van der Waals surface area contributed by atoms with E-state index in [0.717, 1.165) is 0 Å². The van der Waals surface area contributed by atoms with E-state index in [2.05, 4.69) is 0 Å². The smallest absolute Gasteiger partial charge is 0.198 e. The van der Waals surface area contributed by atoms with E-state index in [4.69, 9.17) is 27.9 Å². The number of hydrogen-bond acceptors (Lipinski definition) is 2. The third-order valence-corrected chi connectivity index (χ3v) is 3.51. The number of benzene rings is 2. The lowest BCUT2D eigenvalue weighted by Gasteiger charge is -2.14. The Morgan fingerprint density at radius 1 is 1.00 bits per heavy atom. The number of para-hydroxylation sites is 1. The van der Waals surface area contributed by atoms with Crippen molar-refractivity contribution < 1.29 is 9.53 Å². The summed E-state index contributed by atoms with van der Waals surface area (Å²) >= 11 is 12.1. The Bertz CT molecular complexity index is 636. The molecular weight excluding hydrogens is 295 g/mol. The Kier molecular flexibility index (Phi) is 4.69. The van der Waals surface area contributed by atoms with Crippen molar-refractivity contribution in [3.8, 4) is 5.75 Å². The van der Waals surface area contributed by atoms with E-state index in [1.54, 1.807) is 36.4 Å². The topological polar surface area (TPSA) is 26.3 Å². The summed E-state index contributed by atoms with van der Waals surface area (Å²) in [5.41, 5.74) is 0.851. The maximum atomic E-state index is 12.6. The van der Waals surface area contributed by atoms with E-state index in [0.29, 0.717) is 21.9 Å². The normalized spacial score (nSPS) is 10.7. The highest BCUT2D eigenvalue weighted by molar-refractivity contribution is 6.44. The molecule has 0 saturated carbocycles. The lowest BCUT2D eigenvalue weighted by atomic mass is 10.0. The molecule has 0 aliphatic carbocycles. The molecule has 0 saturated heterocycles. The van der Waals surface area contributed by atoms with Crippen molar-refractivity contribution in [3.63, 3.8) is 0 Å². The fourth-order valence-corrected chi connectivity index (χ4v) is 2.22. The molecule has 0 aliphatic heterocycles. The van der Waals surface area contributed by atoms with Crippen molar-refractivity contribution >= 4 is 29.0 Å². The first-order valence-electron chi connectivity index (χ1n) is 6.25. The summed E-state index contributed by atoms with van der Waals surface area (Å²) in [4.78, 5) is 12.6. The van der Waals surface area contributed by atoms with Gasteiger partial charge in [-0.2, -0.15) is 0 Å². The van der Waals surface area contributed by atoms with Crippen LogP contribution in [0.15, 0.2) is 42.5 Å². The summed E-state index contributed by atoms with van der Waals surface area (Å²) in [5, 5.41) is 0.623. The van der Waals surface area contributed by atoms with Crippen LogP contribution in [-0.2, 0) is 0 Å². The molecule has 0 bridgehead atoms. The fraction of sp³-hybridized carbons (Fsp3) is 0.188. The number of halogens is 2. The molecule has 2 aromatic rings. The molecule has 2 nitrogen and oxygen atoms in total. The van der Waals surface area contributed by atoms with Gasteiger partial charge in [0.2, 0.25) is 0 Å². The van der Waals surface area contributed by atoms with Crippen LogP contribution in [0.25, 0.3) is 0 Å².